The maximum Gasteiger partial charge on any atom is 0.320 e. The van der Waals surface area contributed by atoms with Crippen molar-refractivity contribution in [1.82, 2.24) is 5.32 Å². The molecule has 0 spiro atoms. The smallest absolute Gasteiger partial charge is 0.320 e. The van der Waals surface area contributed by atoms with Crippen LogP contribution in [0, 0.1) is 0 Å². The van der Waals surface area contributed by atoms with Crippen molar-refractivity contribution in [3.05, 3.63) is 0 Å². The van der Waals surface area contributed by atoms with E-state index < -0.39 is 5.97 Å². The Kier molecular flexibility index (Phi) is 6.21. The summed E-state index contributed by atoms with van der Waals surface area (Å²) in [6.45, 7) is 2.10. The van der Waals surface area contributed by atoms with E-state index >= 15 is 0 Å². The Morgan fingerprint density at radius 3 is 2.88 bits per heavy atom. The normalized spacial score (nSPS) is 26.9. The quantitative estimate of drug-likeness (QED) is 0.723. The summed E-state index contributed by atoms with van der Waals surface area (Å²) in [6.07, 6.45) is 8.49. The molecular weight excluding hydrogens is 222 g/mol. The maximum atomic E-state index is 11.1. The first-order valence-electron chi connectivity index (χ1n) is 6.20. The Labute approximate surface area is 102 Å². The van der Waals surface area contributed by atoms with Gasteiger partial charge in [-0.3, -0.25) is 4.79 Å². The van der Waals surface area contributed by atoms with Crippen molar-refractivity contribution < 1.29 is 9.90 Å². The Hall–Kier alpha value is -0.220. The van der Waals surface area contributed by atoms with Crippen molar-refractivity contribution >= 4 is 17.7 Å². The van der Waals surface area contributed by atoms with E-state index in [4.69, 9.17) is 5.11 Å². The van der Waals surface area contributed by atoms with Crippen LogP contribution in [0.1, 0.15) is 45.4 Å². The predicted molar refractivity (Wildman–Crippen MR) is 69.0 cm³/mol. The Morgan fingerprint density at radius 2 is 2.31 bits per heavy atom. The number of nitrogens with one attached hydrogen (secondary N) is 1. The molecule has 4 heteroatoms. The fourth-order valence-electron chi connectivity index (χ4n) is 2.34. The summed E-state index contributed by atoms with van der Waals surface area (Å²) in [7, 11) is 0. The second kappa shape index (κ2) is 7.17. The average Bonchev–Trinajstić information content (AvgIpc) is 2.70. The molecule has 0 aliphatic heterocycles. The number of rotatable bonds is 7. The highest BCUT2D eigenvalue weighted by Crippen LogP contribution is 2.28. The van der Waals surface area contributed by atoms with Crippen molar-refractivity contribution in [3.63, 3.8) is 0 Å². The second-order valence-corrected chi connectivity index (χ2v) is 5.59. The Bertz CT molecular complexity index is 223. The van der Waals surface area contributed by atoms with Crippen molar-refractivity contribution in [3.8, 4) is 0 Å². The number of hydrogen-bond acceptors (Lipinski definition) is 3. The fourth-order valence-corrected chi connectivity index (χ4v) is 3.29. The molecule has 3 unspecified atom stereocenters. The van der Waals surface area contributed by atoms with Crippen LogP contribution in [0.5, 0.6) is 0 Å². The molecule has 3 atom stereocenters. The summed E-state index contributed by atoms with van der Waals surface area (Å²) in [5, 5.41) is 13.1. The molecule has 0 radical (unpaired) electrons. The van der Waals surface area contributed by atoms with E-state index in [0.717, 1.165) is 25.7 Å². The molecule has 0 amide bonds. The summed E-state index contributed by atoms with van der Waals surface area (Å²) in [5.74, 6) is -0.694. The van der Waals surface area contributed by atoms with Gasteiger partial charge in [-0.25, -0.2) is 0 Å². The van der Waals surface area contributed by atoms with Gasteiger partial charge in [0.2, 0.25) is 0 Å². The molecule has 2 N–H and O–H groups in total. The molecule has 0 saturated heterocycles. The molecule has 0 aromatic carbocycles. The summed E-state index contributed by atoms with van der Waals surface area (Å²) in [6, 6.07) is 0.0469. The molecule has 3 nitrogen and oxygen atoms in total. The summed E-state index contributed by atoms with van der Waals surface area (Å²) < 4.78 is 0. The number of carbonyl (C=O) groups is 1. The Balaban J connectivity index is 2.43. The predicted octanol–water partition coefficient (Wildman–Crippen LogP) is 2.50. The monoisotopic (exact) mass is 245 g/mol. The van der Waals surface area contributed by atoms with E-state index in [0.29, 0.717) is 11.3 Å². The van der Waals surface area contributed by atoms with Gasteiger partial charge in [0.05, 0.1) is 0 Å². The lowest BCUT2D eigenvalue weighted by atomic mass is 10.1. The van der Waals surface area contributed by atoms with Crippen LogP contribution in [0.4, 0.5) is 0 Å². The van der Waals surface area contributed by atoms with Crippen LogP contribution in [-0.2, 0) is 4.79 Å². The maximum absolute atomic E-state index is 11.1. The van der Waals surface area contributed by atoms with Gasteiger partial charge >= 0.3 is 5.97 Å². The number of carboxylic acids is 1. The summed E-state index contributed by atoms with van der Waals surface area (Å²) in [5.41, 5.74) is 0. The van der Waals surface area contributed by atoms with Crippen LogP contribution in [-0.4, -0.2) is 34.7 Å². The lowest BCUT2D eigenvalue weighted by Gasteiger charge is -2.23. The van der Waals surface area contributed by atoms with Gasteiger partial charge in [0, 0.05) is 11.3 Å². The summed E-state index contributed by atoms with van der Waals surface area (Å²) >= 11 is 1.86. The Morgan fingerprint density at radius 1 is 1.56 bits per heavy atom. The molecule has 0 aromatic rings. The highest BCUT2D eigenvalue weighted by atomic mass is 32.2. The van der Waals surface area contributed by atoms with Crippen LogP contribution in [0.2, 0.25) is 0 Å². The van der Waals surface area contributed by atoms with Gasteiger partial charge in [0.25, 0.3) is 0 Å². The van der Waals surface area contributed by atoms with Gasteiger partial charge < -0.3 is 10.4 Å². The van der Waals surface area contributed by atoms with Crippen LogP contribution < -0.4 is 5.32 Å². The zero-order valence-electron chi connectivity index (χ0n) is 10.2. The van der Waals surface area contributed by atoms with Crippen LogP contribution in [0.25, 0.3) is 0 Å². The topological polar surface area (TPSA) is 49.3 Å². The minimum absolute atomic E-state index is 0.349. The minimum Gasteiger partial charge on any atom is -0.480 e. The van der Waals surface area contributed by atoms with E-state index in [9.17, 15) is 4.79 Å². The highest BCUT2D eigenvalue weighted by Gasteiger charge is 2.30. The number of thioether (sulfide) groups is 1. The van der Waals surface area contributed by atoms with Gasteiger partial charge in [-0.2, -0.15) is 11.8 Å². The first kappa shape index (κ1) is 13.8. The summed E-state index contributed by atoms with van der Waals surface area (Å²) in [4.78, 5) is 11.1. The van der Waals surface area contributed by atoms with E-state index in [-0.39, 0.29) is 6.04 Å². The first-order chi connectivity index (χ1) is 7.69. The number of hydrogen-bond donors (Lipinski definition) is 2. The van der Waals surface area contributed by atoms with E-state index in [2.05, 4.69) is 18.5 Å². The van der Waals surface area contributed by atoms with Gasteiger partial charge in [0.1, 0.15) is 6.04 Å². The van der Waals surface area contributed by atoms with E-state index in [1.165, 1.54) is 12.8 Å². The molecule has 1 aliphatic carbocycles. The van der Waals surface area contributed by atoms with Crippen molar-refractivity contribution in [2.75, 3.05) is 6.26 Å². The molecule has 1 fully saturated rings. The standard InChI is InChI=1S/C12H23NO2S/c1-3-4-6-10(12(14)15)13-9-7-5-8-11(9)16-2/h9-11,13H,3-8H2,1-2H3,(H,14,15). The molecule has 1 saturated carbocycles. The zero-order valence-corrected chi connectivity index (χ0v) is 11.1. The van der Waals surface area contributed by atoms with E-state index in [1.54, 1.807) is 0 Å². The van der Waals surface area contributed by atoms with Crippen molar-refractivity contribution in [1.29, 1.82) is 0 Å². The third kappa shape index (κ3) is 3.98. The first-order valence-corrected chi connectivity index (χ1v) is 7.49. The third-order valence-electron chi connectivity index (χ3n) is 3.32. The number of aliphatic carboxylic acids is 1. The lowest BCUT2D eigenvalue weighted by Crippen LogP contribution is -2.45. The number of carboxylic acid groups (broad SMARTS) is 1. The highest BCUT2D eigenvalue weighted by molar-refractivity contribution is 7.99. The molecular formula is C12H23NO2S. The molecule has 0 bridgehead atoms. The fraction of sp³-hybridized carbons (Fsp3) is 0.917. The van der Waals surface area contributed by atoms with E-state index in [1.807, 2.05) is 11.8 Å². The van der Waals surface area contributed by atoms with Crippen LogP contribution in [0.3, 0.4) is 0 Å². The van der Waals surface area contributed by atoms with Crippen LogP contribution >= 0.6 is 11.8 Å². The van der Waals surface area contributed by atoms with Gasteiger partial charge in [-0.05, 0) is 25.5 Å². The lowest BCUT2D eigenvalue weighted by molar-refractivity contribution is -0.139. The van der Waals surface area contributed by atoms with Gasteiger partial charge in [0.15, 0.2) is 0 Å². The molecule has 94 valence electrons. The largest absolute Gasteiger partial charge is 0.480 e. The van der Waals surface area contributed by atoms with Crippen LogP contribution in [0.15, 0.2) is 0 Å². The molecule has 16 heavy (non-hydrogen) atoms. The SMILES string of the molecule is CCCCC(NC1CCCC1SC)C(=O)O. The molecule has 0 aromatic heterocycles. The molecule has 1 aliphatic rings. The molecule has 1 rings (SSSR count). The van der Waals surface area contributed by atoms with Gasteiger partial charge in [-0.15, -0.1) is 0 Å². The number of unbranched alkanes of at least 4 members (excludes halogenated alkanes) is 1. The van der Waals surface area contributed by atoms with Gasteiger partial charge in [-0.1, -0.05) is 26.2 Å². The van der Waals surface area contributed by atoms with Crippen molar-refractivity contribution in [2.24, 2.45) is 0 Å². The second-order valence-electron chi connectivity index (χ2n) is 4.51. The van der Waals surface area contributed by atoms with Crippen molar-refractivity contribution in [2.45, 2.75) is 62.8 Å². The molecule has 0 heterocycles. The average molecular weight is 245 g/mol. The zero-order chi connectivity index (χ0) is 12.0. The minimum atomic E-state index is -0.694. The third-order valence-corrected chi connectivity index (χ3v) is 4.48.